The summed E-state index contributed by atoms with van der Waals surface area (Å²) in [7, 11) is 4.41. The molecule has 3 unspecified atom stereocenters. The summed E-state index contributed by atoms with van der Waals surface area (Å²) in [5.41, 5.74) is -1.53. The number of amides is 2. The highest BCUT2D eigenvalue weighted by Gasteiger charge is 2.52. The Labute approximate surface area is 175 Å². The van der Waals surface area contributed by atoms with Crippen molar-refractivity contribution in [2.45, 2.75) is 98.9 Å². The molecule has 0 aliphatic rings. The van der Waals surface area contributed by atoms with Crippen molar-refractivity contribution in [2.75, 3.05) is 13.7 Å². The molecule has 0 rings (SSSR count). The van der Waals surface area contributed by atoms with Crippen molar-refractivity contribution in [3.05, 3.63) is 0 Å². The maximum atomic E-state index is 12.4. The van der Waals surface area contributed by atoms with Crippen LogP contribution in [-0.2, 0) is 14.3 Å². The SMILES string of the molecule is CCCC(C)CC(=O)NC(C)(P)CCOC(C)(C)C(C)(C)C(C)(C)C(=O)NC. The summed E-state index contributed by atoms with van der Waals surface area (Å²) in [4.78, 5) is 24.7. The van der Waals surface area contributed by atoms with Crippen molar-refractivity contribution in [3.8, 4) is 0 Å². The molecule has 0 fully saturated rings. The summed E-state index contributed by atoms with van der Waals surface area (Å²) in [6, 6.07) is 0. The normalized spacial score (nSPS) is 16.2. The van der Waals surface area contributed by atoms with Gasteiger partial charge in [0.2, 0.25) is 11.8 Å². The molecule has 0 aromatic rings. The van der Waals surface area contributed by atoms with E-state index in [2.05, 4.69) is 47.6 Å². The third-order valence-electron chi connectivity index (χ3n) is 6.69. The molecule has 5 nitrogen and oxygen atoms in total. The van der Waals surface area contributed by atoms with Crippen LogP contribution >= 0.6 is 9.24 Å². The van der Waals surface area contributed by atoms with Gasteiger partial charge < -0.3 is 15.4 Å². The fourth-order valence-corrected chi connectivity index (χ4v) is 3.67. The molecule has 0 aromatic heterocycles. The van der Waals surface area contributed by atoms with E-state index in [1.807, 2.05) is 34.6 Å². The highest BCUT2D eigenvalue weighted by molar-refractivity contribution is 7.18. The van der Waals surface area contributed by atoms with Crippen LogP contribution in [0.2, 0.25) is 0 Å². The van der Waals surface area contributed by atoms with Crippen molar-refractivity contribution >= 4 is 21.1 Å². The van der Waals surface area contributed by atoms with Crippen LogP contribution < -0.4 is 10.6 Å². The highest BCUT2D eigenvalue weighted by atomic mass is 31.0. The molecule has 0 aliphatic heterocycles. The van der Waals surface area contributed by atoms with Crippen LogP contribution in [0.5, 0.6) is 0 Å². The van der Waals surface area contributed by atoms with E-state index in [0.29, 0.717) is 25.4 Å². The molecule has 2 N–H and O–H groups in total. The van der Waals surface area contributed by atoms with E-state index in [4.69, 9.17) is 4.74 Å². The number of carbonyl (C=O) groups is 2. The second-order valence-corrected chi connectivity index (χ2v) is 11.3. The highest BCUT2D eigenvalue weighted by Crippen LogP contribution is 2.48. The van der Waals surface area contributed by atoms with Crippen molar-refractivity contribution in [1.82, 2.24) is 10.6 Å². The smallest absolute Gasteiger partial charge is 0.226 e. The summed E-state index contributed by atoms with van der Waals surface area (Å²) in [5, 5.41) is 5.46. The third-order valence-corrected chi connectivity index (χ3v) is 7.12. The van der Waals surface area contributed by atoms with Crippen molar-refractivity contribution in [3.63, 3.8) is 0 Å². The molecule has 0 saturated carbocycles. The Morgan fingerprint density at radius 2 is 1.61 bits per heavy atom. The van der Waals surface area contributed by atoms with Gasteiger partial charge in [-0.05, 0) is 33.1 Å². The molecule has 3 atom stereocenters. The Bertz CT molecular complexity index is 528. The Hall–Kier alpha value is -0.670. The van der Waals surface area contributed by atoms with E-state index in [1.54, 1.807) is 7.05 Å². The molecule has 0 aliphatic carbocycles. The Kier molecular flexibility index (Phi) is 10.1. The van der Waals surface area contributed by atoms with Crippen molar-refractivity contribution < 1.29 is 14.3 Å². The lowest BCUT2D eigenvalue weighted by molar-refractivity contribution is -0.165. The van der Waals surface area contributed by atoms with E-state index in [1.165, 1.54) is 0 Å². The summed E-state index contributed by atoms with van der Waals surface area (Å²) in [5.74, 6) is 0.478. The molecular formula is C22H45N2O3P. The van der Waals surface area contributed by atoms with Crippen molar-refractivity contribution in [2.24, 2.45) is 16.7 Å². The van der Waals surface area contributed by atoms with Gasteiger partial charge in [-0.25, -0.2) is 0 Å². The second-order valence-electron chi connectivity index (χ2n) is 10.0. The molecule has 166 valence electrons. The first-order valence-corrected chi connectivity index (χ1v) is 11.1. The van der Waals surface area contributed by atoms with Crippen LogP contribution in [0.25, 0.3) is 0 Å². The standard InChI is InChI=1S/C22H45N2O3P/c1-11-12-16(2)15-17(25)24-22(9,28)13-14-27-21(7,8)20(5,6)19(3,4)18(26)23-10/h16H,11-15,28H2,1-10H3,(H,23,26)(H,24,25). The Morgan fingerprint density at radius 1 is 1.07 bits per heavy atom. The first-order chi connectivity index (χ1) is 12.5. The molecule has 0 bridgehead atoms. The molecule has 0 saturated heterocycles. The van der Waals surface area contributed by atoms with Gasteiger partial charge in [0.25, 0.3) is 0 Å². The van der Waals surface area contributed by atoms with E-state index >= 15 is 0 Å². The number of carbonyl (C=O) groups excluding carboxylic acids is 2. The van der Waals surface area contributed by atoms with E-state index in [-0.39, 0.29) is 11.8 Å². The van der Waals surface area contributed by atoms with E-state index in [0.717, 1.165) is 12.8 Å². The molecule has 28 heavy (non-hydrogen) atoms. The van der Waals surface area contributed by atoms with Gasteiger partial charge in [-0.3, -0.25) is 9.59 Å². The molecular weight excluding hydrogens is 371 g/mol. The average Bonchev–Trinajstić information content (AvgIpc) is 2.52. The van der Waals surface area contributed by atoms with Gasteiger partial charge in [-0.1, -0.05) is 54.4 Å². The van der Waals surface area contributed by atoms with E-state index in [9.17, 15) is 9.59 Å². The summed E-state index contributed by atoms with van der Waals surface area (Å²) in [6.07, 6.45) is 3.38. The largest absolute Gasteiger partial charge is 0.375 e. The zero-order valence-corrected chi connectivity index (χ0v) is 21.1. The van der Waals surface area contributed by atoms with Gasteiger partial charge in [-0.15, -0.1) is 9.24 Å². The predicted octanol–water partition coefficient (Wildman–Crippen LogP) is 4.50. The predicted molar refractivity (Wildman–Crippen MR) is 121 cm³/mol. The van der Waals surface area contributed by atoms with Gasteiger partial charge >= 0.3 is 0 Å². The second kappa shape index (κ2) is 10.4. The minimum atomic E-state index is -0.598. The van der Waals surface area contributed by atoms with Crippen LogP contribution in [0.3, 0.4) is 0 Å². The molecule has 0 heterocycles. The third kappa shape index (κ3) is 7.30. The summed E-state index contributed by atoms with van der Waals surface area (Å²) < 4.78 is 6.27. The van der Waals surface area contributed by atoms with Crippen LogP contribution in [0.1, 0.15) is 88.0 Å². The number of hydrogen-bond acceptors (Lipinski definition) is 3. The van der Waals surface area contributed by atoms with Crippen molar-refractivity contribution in [1.29, 1.82) is 0 Å². The first-order valence-electron chi connectivity index (χ1n) is 10.5. The number of ether oxygens (including phenoxy) is 1. The number of rotatable bonds is 12. The lowest BCUT2D eigenvalue weighted by Crippen LogP contribution is -2.56. The molecule has 6 heteroatoms. The zero-order chi connectivity index (χ0) is 22.4. The monoisotopic (exact) mass is 416 g/mol. The molecule has 0 spiro atoms. The minimum Gasteiger partial charge on any atom is -0.375 e. The Morgan fingerprint density at radius 3 is 2.07 bits per heavy atom. The van der Waals surface area contributed by atoms with E-state index < -0.39 is 21.7 Å². The lowest BCUT2D eigenvalue weighted by Gasteiger charge is -2.50. The first kappa shape index (κ1) is 27.3. The fourth-order valence-electron chi connectivity index (χ4n) is 3.39. The minimum absolute atomic E-state index is 0.00137. The molecule has 0 radical (unpaired) electrons. The quantitative estimate of drug-likeness (QED) is 0.460. The van der Waals surface area contributed by atoms with Gasteiger partial charge in [0.15, 0.2) is 0 Å². The van der Waals surface area contributed by atoms with Crippen LogP contribution in [-0.4, -0.2) is 36.3 Å². The van der Waals surface area contributed by atoms with Gasteiger partial charge in [0, 0.05) is 25.5 Å². The van der Waals surface area contributed by atoms with Crippen LogP contribution in [0.15, 0.2) is 0 Å². The number of hydrogen-bond donors (Lipinski definition) is 2. The Balaban J connectivity index is 4.86. The fraction of sp³-hybridized carbons (Fsp3) is 0.909. The maximum Gasteiger partial charge on any atom is 0.226 e. The zero-order valence-electron chi connectivity index (χ0n) is 19.9. The number of nitrogens with one attached hydrogen (secondary N) is 2. The average molecular weight is 417 g/mol. The van der Waals surface area contributed by atoms with Gasteiger partial charge in [-0.2, -0.15) is 0 Å². The van der Waals surface area contributed by atoms with Crippen LogP contribution in [0, 0.1) is 16.7 Å². The summed E-state index contributed by atoms with van der Waals surface area (Å²) in [6.45, 7) is 18.8. The van der Waals surface area contributed by atoms with Gasteiger partial charge in [0.1, 0.15) is 0 Å². The topological polar surface area (TPSA) is 67.4 Å². The van der Waals surface area contributed by atoms with Crippen LogP contribution in [0.4, 0.5) is 0 Å². The molecule has 2 amide bonds. The maximum absolute atomic E-state index is 12.4. The molecule has 0 aromatic carbocycles. The van der Waals surface area contributed by atoms with Gasteiger partial charge in [0.05, 0.1) is 16.3 Å². The lowest BCUT2D eigenvalue weighted by atomic mass is 9.59. The summed E-state index contributed by atoms with van der Waals surface area (Å²) >= 11 is 0.